The summed E-state index contributed by atoms with van der Waals surface area (Å²) in [7, 11) is 0. The highest BCUT2D eigenvalue weighted by Crippen LogP contribution is 2.41. The molecule has 2 N–H and O–H groups in total. The number of hydrogen-bond donors (Lipinski definition) is 2. The van der Waals surface area contributed by atoms with Gasteiger partial charge in [-0.25, -0.2) is 9.18 Å². The molecule has 0 aromatic heterocycles. The Bertz CT molecular complexity index is 643. The van der Waals surface area contributed by atoms with Crippen molar-refractivity contribution < 1.29 is 14.0 Å². The second-order valence-corrected chi connectivity index (χ2v) is 6.41. The molecule has 7 heteroatoms. The quantitative estimate of drug-likeness (QED) is 0.830. The lowest BCUT2D eigenvalue weighted by atomic mass is 10.2. The molecule has 2 aliphatic heterocycles. The monoisotopic (exact) mass is 318 g/mol. The van der Waals surface area contributed by atoms with Crippen LogP contribution in [0.5, 0.6) is 0 Å². The van der Waals surface area contributed by atoms with Gasteiger partial charge in [-0.3, -0.25) is 4.79 Å². The summed E-state index contributed by atoms with van der Waals surface area (Å²) in [5, 5.41) is 6.31. The van der Waals surface area contributed by atoms with Crippen LogP contribution in [0.25, 0.3) is 0 Å². The third-order valence-corrected chi connectivity index (χ3v) is 5.01. The van der Waals surface area contributed by atoms with Crippen molar-refractivity contribution in [3.8, 4) is 0 Å². The number of anilines is 1. The van der Waals surface area contributed by atoms with Gasteiger partial charge in [0, 0.05) is 37.9 Å². The fourth-order valence-electron chi connectivity index (χ4n) is 3.63. The third kappa shape index (κ3) is 2.65. The molecule has 1 saturated carbocycles. The number of piperidine rings is 1. The first kappa shape index (κ1) is 14.4. The number of fused-ring (bicyclic) bond motifs is 1. The maximum atomic E-state index is 13.3. The van der Waals surface area contributed by atoms with E-state index in [1.165, 1.54) is 17.0 Å². The van der Waals surface area contributed by atoms with Crippen molar-refractivity contribution in [2.45, 2.75) is 6.04 Å². The van der Waals surface area contributed by atoms with Gasteiger partial charge < -0.3 is 20.4 Å². The number of rotatable bonds is 2. The predicted octanol–water partition coefficient (Wildman–Crippen LogP) is 0.402. The molecule has 122 valence electrons. The first-order valence-electron chi connectivity index (χ1n) is 7.95. The minimum Gasteiger partial charge on any atom is -0.335 e. The molecule has 0 radical (unpaired) electrons. The Morgan fingerprint density at radius 2 is 2.04 bits per heavy atom. The lowest BCUT2D eigenvalue weighted by Crippen LogP contribution is -2.55. The Kier molecular flexibility index (Phi) is 3.45. The second kappa shape index (κ2) is 5.49. The van der Waals surface area contributed by atoms with Crippen LogP contribution in [0.1, 0.15) is 0 Å². The van der Waals surface area contributed by atoms with Crippen molar-refractivity contribution in [1.29, 1.82) is 0 Å². The summed E-state index contributed by atoms with van der Waals surface area (Å²) in [6, 6.07) is 6.05. The van der Waals surface area contributed by atoms with Crippen molar-refractivity contribution >= 4 is 17.6 Å². The summed E-state index contributed by atoms with van der Waals surface area (Å²) in [5.41, 5.74) is 0.540. The second-order valence-electron chi connectivity index (χ2n) is 6.41. The van der Waals surface area contributed by atoms with E-state index < -0.39 is 0 Å². The van der Waals surface area contributed by atoms with E-state index in [4.69, 9.17) is 0 Å². The van der Waals surface area contributed by atoms with Gasteiger partial charge in [0.2, 0.25) is 5.91 Å². The van der Waals surface area contributed by atoms with Crippen LogP contribution in [0.2, 0.25) is 0 Å². The Morgan fingerprint density at radius 3 is 2.74 bits per heavy atom. The van der Waals surface area contributed by atoms with Gasteiger partial charge in [0.05, 0.1) is 0 Å². The Labute approximate surface area is 133 Å². The first-order valence-corrected chi connectivity index (χ1v) is 7.95. The fraction of sp³-hybridized carbons (Fsp3) is 0.500. The molecule has 1 aliphatic carbocycles. The number of carbonyl (C=O) groups excluding carboxylic acids is 2. The number of urea groups is 1. The molecular formula is C16H19FN4O2. The summed E-state index contributed by atoms with van der Waals surface area (Å²) in [6.07, 6.45) is 0. The molecule has 1 aromatic rings. The van der Waals surface area contributed by atoms with E-state index in [1.807, 2.05) is 0 Å². The molecule has 3 amide bonds. The number of carbonyl (C=O) groups is 2. The largest absolute Gasteiger partial charge is 0.335 e. The number of amides is 3. The zero-order chi connectivity index (χ0) is 16.0. The van der Waals surface area contributed by atoms with E-state index in [-0.39, 0.29) is 30.3 Å². The van der Waals surface area contributed by atoms with E-state index in [0.717, 1.165) is 13.1 Å². The zero-order valence-corrected chi connectivity index (χ0v) is 12.7. The molecule has 3 atom stereocenters. The summed E-state index contributed by atoms with van der Waals surface area (Å²) in [5.74, 6) is 0.533. The molecule has 6 nitrogen and oxygen atoms in total. The normalized spacial score (nSPS) is 29.4. The number of hydrogen-bond acceptors (Lipinski definition) is 3. The standard InChI is InChI=1S/C16H19FN4O2/c17-10-2-1-3-11(6-10)21-5-4-20(9-14(21)22)16(23)19-15-12-7-18-8-13(12)15/h1-3,6,12-13,15,18H,4-5,7-9H2,(H,19,23)/t12-,13+,15?. The molecule has 3 aliphatic rings. The summed E-state index contributed by atoms with van der Waals surface area (Å²) < 4.78 is 13.3. The Hall–Kier alpha value is -2.15. The lowest BCUT2D eigenvalue weighted by molar-refractivity contribution is -0.120. The maximum absolute atomic E-state index is 13.3. The first-order chi connectivity index (χ1) is 11.1. The van der Waals surface area contributed by atoms with Crippen LogP contribution in [0, 0.1) is 17.7 Å². The van der Waals surface area contributed by atoms with Crippen LogP contribution < -0.4 is 15.5 Å². The highest BCUT2D eigenvalue weighted by molar-refractivity contribution is 5.97. The fourth-order valence-corrected chi connectivity index (χ4v) is 3.63. The third-order valence-electron chi connectivity index (χ3n) is 5.01. The van der Waals surface area contributed by atoms with Crippen LogP contribution in [-0.4, -0.2) is 55.6 Å². The van der Waals surface area contributed by atoms with Crippen LogP contribution in [-0.2, 0) is 4.79 Å². The van der Waals surface area contributed by atoms with Gasteiger partial charge in [-0.15, -0.1) is 0 Å². The van der Waals surface area contributed by atoms with E-state index >= 15 is 0 Å². The molecule has 23 heavy (non-hydrogen) atoms. The summed E-state index contributed by atoms with van der Waals surface area (Å²) in [6.45, 7) is 2.79. The maximum Gasteiger partial charge on any atom is 0.318 e. The van der Waals surface area contributed by atoms with Gasteiger partial charge in [-0.2, -0.15) is 0 Å². The smallest absolute Gasteiger partial charge is 0.318 e. The van der Waals surface area contributed by atoms with Crippen molar-refractivity contribution in [3.05, 3.63) is 30.1 Å². The number of halogens is 1. The average molecular weight is 318 g/mol. The van der Waals surface area contributed by atoms with Gasteiger partial charge in [0.1, 0.15) is 12.4 Å². The van der Waals surface area contributed by atoms with E-state index in [0.29, 0.717) is 30.6 Å². The van der Waals surface area contributed by atoms with Crippen molar-refractivity contribution in [2.75, 3.05) is 37.6 Å². The number of benzene rings is 1. The highest BCUT2D eigenvalue weighted by Gasteiger charge is 2.54. The summed E-state index contributed by atoms with van der Waals surface area (Å²) in [4.78, 5) is 27.6. The Balaban J connectivity index is 1.35. The molecular weight excluding hydrogens is 299 g/mol. The predicted molar refractivity (Wildman–Crippen MR) is 82.5 cm³/mol. The minimum absolute atomic E-state index is 0.0304. The van der Waals surface area contributed by atoms with Gasteiger partial charge in [0.15, 0.2) is 0 Å². The molecule has 3 fully saturated rings. The van der Waals surface area contributed by atoms with Gasteiger partial charge in [0.25, 0.3) is 0 Å². The molecule has 4 rings (SSSR count). The van der Waals surface area contributed by atoms with Gasteiger partial charge in [-0.05, 0) is 30.0 Å². The number of piperazine rings is 1. The van der Waals surface area contributed by atoms with Crippen LogP contribution in [0.15, 0.2) is 24.3 Å². The zero-order valence-electron chi connectivity index (χ0n) is 12.7. The topological polar surface area (TPSA) is 64.7 Å². The van der Waals surface area contributed by atoms with E-state index in [9.17, 15) is 14.0 Å². The van der Waals surface area contributed by atoms with Gasteiger partial charge >= 0.3 is 6.03 Å². The van der Waals surface area contributed by atoms with Crippen LogP contribution >= 0.6 is 0 Å². The SMILES string of the molecule is O=C(NC1[C@H]2CNC[C@@H]12)N1CCN(c2cccc(F)c2)C(=O)C1. The van der Waals surface area contributed by atoms with Gasteiger partial charge in [-0.1, -0.05) is 6.07 Å². The molecule has 1 aromatic carbocycles. The minimum atomic E-state index is -0.371. The van der Waals surface area contributed by atoms with Crippen molar-refractivity contribution in [2.24, 2.45) is 11.8 Å². The molecule has 2 heterocycles. The molecule has 2 saturated heterocycles. The lowest BCUT2D eigenvalue weighted by Gasteiger charge is -2.34. The van der Waals surface area contributed by atoms with Crippen molar-refractivity contribution in [3.63, 3.8) is 0 Å². The molecule has 0 spiro atoms. The molecule has 1 unspecified atom stereocenters. The van der Waals surface area contributed by atoms with Crippen LogP contribution in [0.4, 0.5) is 14.9 Å². The van der Waals surface area contributed by atoms with Crippen LogP contribution in [0.3, 0.4) is 0 Å². The summed E-state index contributed by atoms with van der Waals surface area (Å²) >= 11 is 0. The van der Waals surface area contributed by atoms with Crippen molar-refractivity contribution in [1.82, 2.24) is 15.5 Å². The number of nitrogens with zero attached hydrogens (tertiary/aromatic N) is 2. The van der Waals surface area contributed by atoms with E-state index in [1.54, 1.807) is 17.0 Å². The average Bonchev–Trinajstić information content (AvgIpc) is 2.95. The highest BCUT2D eigenvalue weighted by atomic mass is 19.1. The number of nitrogens with one attached hydrogen (secondary N) is 2. The Morgan fingerprint density at radius 1 is 1.26 bits per heavy atom. The molecule has 0 bridgehead atoms. The van der Waals surface area contributed by atoms with E-state index in [2.05, 4.69) is 10.6 Å².